The first-order valence-corrected chi connectivity index (χ1v) is 7.06. The van der Waals surface area contributed by atoms with E-state index in [4.69, 9.17) is 20.0 Å². The number of esters is 2. The zero-order valence-corrected chi connectivity index (χ0v) is 12.3. The molecule has 2 rings (SSSR count). The Labute approximate surface area is 123 Å². The second-order valence-electron chi connectivity index (χ2n) is 6.25. The number of fused-ring (bicyclic) bond motifs is 1. The smallest absolute Gasteiger partial charge is 0.348 e. The Kier molecular flexibility index (Phi) is 3.91. The number of nitriles is 2. The quantitative estimate of drug-likeness (QED) is 0.731. The minimum absolute atomic E-state index is 0.343. The maximum atomic E-state index is 12.1. The minimum Gasteiger partial charge on any atom is -0.458 e. The predicted octanol–water partition coefficient (Wildman–Crippen LogP) is 1.56. The molecule has 2 fully saturated rings. The highest BCUT2D eigenvalue weighted by molar-refractivity contribution is 5.83. The van der Waals surface area contributed by atoms with E-state index in [1.807, 2.05) is 13.0 Å². The molecule has 0 aromatic heterocycles. The van der Waals surface area contributed by atoms with Crippen LogP contribution in [0.25, 0.3) is 0 Å². The molecule has 5 atom stereocenters. The number of hydrogen-bond acceptors (Lipinski definition) is 6. The first-order valence-electron chi connectivity index (χ1n) is 7.06. The van der Waals surface area contributed by atoms with Crippen molar-refractivity contribution in [3.05, 3.63) is 0 Å². The van der Waals surface area contributed by atoms with Crippen LogP contribution < -0.4 is 0 Å². The minimum atomic E-state index is -0.998. The second kappa shape index (κ2) is 5.37. The Balaban J connectivity index is 2.16. The van der Waals surface area contributed by atoms with Crippen molar-refractivity contribution in [2.24, 2.45) is 23.2 Å². The molecule has 1 heterocycles. The monoisotopic (exact) mass is 290 g/mol. The van der Waals surface area contributed by atoms with Crippen LogP contribution in [-0.4, -0.2) is 24.1 Å². The van der Waals surface area contributed by atoms with Crippen LogP contribution in [0.3, 0.4) is 0 Å². The van der Waals surface area contributed by atoms with Crippen LogP contribution in [-0.2, 0) is 19.1 Å². The average molecular weight is 290 g/mol. The van der Waals surface area contributed by atoms with Crippen LogP contribution in [0.15, 0.2) is 0 Å². The van der Waals surface area contributed by atoms with E-state index >= 15 is 0 Å². The van der Waals surface area contributed by atoms with E-state index < -0.39 is 47.3 Å². The van der Waals surface area contributed by atoms with Gasteiger partial charge in [0, 0.05) is 5.92 Å². The molecular formula is C15H18N2O4. The molecule has 1 saturated heterocycles. The van der Waals surface area contributed by atoms with Crippen molar-refractivity contribution in [1.82, 2.24) is 0 Å². The van der Waals surface area contributed by atoms with Crippen molar-refractivity contribution >= 4 is 11.9 Å². The van der Waals surface area contributed by atoms with Crippen LogP contribution in [0.1, 0.15) is 33.6 Å². The van der Waals surface area contributed by atoms with E-state index in [2.05, 4.69) is 6.07 Å². The molecule has 6 heteroatoms. The van der Waals surface area contributed by atoms with Gasteiger partial charge in [0.25, 0.3) is 0 Å². The highest BCUT2D eigenvalue weighted by Crippen LogP contribution is 2.45. The number of carbonyl (C=O) groups excluding carboxylic acids is 2. The number of carbonyl (C=O) groups is 2. The lowest BCUT2D eigenvalue weighted by Gasteiger charge is -2.23. The Morgan fingerprint density at radius 2 is 2.10 bits per heavy atom. The third kappa shape index (κ3) is 2.47. The summed E-state index contributed by atoms with van der Waals surface area (Å²) >= 11 is 0. The fourth-order valence-corrected chi connectivity index (χ4v) is 2.75. The van der Waals surface area contributed by atoms with E-state index in [-0.39, 0.29) is 0 Å². The van der Waals surface area contributed by atoms with Gasteiger partial charge in [-0.1, -0.05) is 6.92 Å². The maximum absolute atomic E-state index is 12.1. The van der Waals surface area contributed by atoms with Gasteiger partial charge in [-0.3, -0.25) is 4.79 Å². The summed E-state index contributed by atoms with van der Waals surface area (Å²) in [6.07, 6.45) is -0.712. The normalized spacial score (nSPS) is 34.5. The highest BCUT2D eigenvalue weighted by atomic mass is 16.6. The van der Waals surface area contributed by atoms with Gasteiger partial charge < -0.3 is 9.47 Å². The molecule has 21 heavy (non-hydrogen) atoms. The first-order chi connectivity index (χ1) is 9.85. The second-order valence-corrected chi connectivity index (χ2v) is 6.25. The topological polar surface area (TPSA) is 100 Å². The van der Waals surface area contributed by atoms with Crippen LogP contribution in [0.2, 0.25) is 0 Å². The van der Waals surface area contributed by atoms with E-state index in [9.17, 15) is 9.59 Å². The Hall–Kier alpha value is -2.08. The molecule has 1 aliphatic carbocycles. The summed E-state index contributed by atoms with van der Waals surface area (Å²) in [6.45, 7) is 5.36. The molecule has 0 aromatic rings. The van der Waals surface area contributed by atoms with Crippen molar-refractivity contribution in [3.63, 3.8) is 0 Å². The molecule has 2 aliphatic rings. The third-order valence-corrected chi connectivity index (χ3v) is 4.59. The van der Waals surface area contributed by atoms with Crippen LogP contribution in [0.4, 0.5) is 0 Å². The molecule has 0 aromatic carbocycles. The summed E-state index contributed by atoms with van der Waals surface area (Å²) in [7, 11) is 0. The molecule has 5 unspecified atom stereocenters. The summed E-state index contributed by atoms with van der Waals surface area (Å²) in [6, 6.07) is 4.10. The zero-order chi connectivity index (χ0) is 15.8. The fourth-order valence-electron chi connectivity index (χ4n) is 2.75. The summed E-state index contributed by atoms with van der Waals surface area (Å²) in [4.78, 5) is 24.0. The van der Waals surface area contributed by atoms with Crippen LogP contribution in [0, 0.1) is 45.8 Å². The SMILES string of the molecule is CCC(C)(C)C(=O)OC1C(=O)OC2C(C#N)C(C#N)CC12. The van der Waals surface area contributed by atoms with E-state index in [1.165, 1.54) is 0 Å². The largest absolute Gasteiger partial charge is 0.458 e. The molecule has 0 amide bonds. The summed E-state index contributed by atoms with van der Waals surface area (Å²) < 4.78 is 10.5. The van der Waals surface area contributed by atoms with Gasteiger partial charge in [0.1, 0.15) is 6.10 Å². The zero-order valence-electron chi connectivity index (χ0n) is 12.3. The average Bonchev–Trinajstić information content (AvgIpc) is 2.94. The lowest BCUT2D eigenvalue weighted by molar-refractivity contribution is -0.169. The van der Waals surface area contributed by atoms with Crippen LogP contribution in [0.5, 0.6) is 0 Å². The fraction of sp³-hybridized carbons (Fsp3) is 0.733. The molecule has 6 nitrogen and oxygen atoms in total. The molecule has 0 bridgehead atoms. The Morgan fingerprint density at radius 1 is 1.43 bits per heavy atom. The van der Waals surface area contributed by atoms with E-state index in [0.29, 0.717) is 12.8 Å². The number of hydrogen-bond donors (Lipinski definition) is 0. The summed E-state index contributed by atoms with van der Waals surface area (Å²) in [5, 5.41) is 18.2. The van der Waals surface area contributed by atoms with Crippen molar-refractivity contribution in [2.75, 3.05) is 0 Å². The van der Waals surface area contributed by atoms with E-state index in [1.54, 1.807) is 13.8 Å². The van der Waals surface area contributed by atoms with Crippen molar-refractivity contribution in [3.8, 4) is 12.1 Å². The number of ether oxygens (including phenoxy) is 2. The predicted molar refractivity (Wildman–Crippen MR) is 70.1 cm³/mol. The maximum Gasteiger partial charge on any atom is 0.348 e. The van der Waals surface area contributed by atoms with E-state index in [0.717, 1.165) is 0 Å². The number of nitrogens with zero attached hydrogens (tertiary/aromatic N) is 2. The van der Waals surface area contributed by atoms with Gasteiger partial charge in [-0.25, -0.2) is 4.79 Å². The first kappa shape index (κ1) is 15.3. The van der Waals surface area contributed by atoms with Crippen LogP contribution >= 0.6 is 0 Å². The molecule has 0 spiro atoms. The Bertz CT molecular complexity index is 543. The standard InChI is InChI=1S/C15H18N2O4/c1-4-15(2,3)14(19)21-12-9-5-8(6-16)10(7-17)11(9)20-13(12)18/h8-12H,4-5H2,1-3H3. The van der Waals surface area contributed by atoms with Gasteiger partial charge in [-0.05, 0) is 26.7 Å². The van der Waals surface area contributed by atoms with Gasteiger partial charge in [-0.15, -0.1) is 0 Å². The summed E-state index contributed by atoms with van der Waals surface area (Å²) in [5.74, 6) is -2.60. The Morgan fingerprint density at radius 3 is 2.62 bits per heavy atom. The highest BCUT2D eigenvalue weighted by Gasteiger charge is 2.58. The third-order valence-electron chi connectivity index (χ3n) is 4.59. The lowest BCUT2D eigenvalue weighted by Crippen LogP contribution is -2.35. The molecule has 0 N–H and O–H groups in total. The molecular weight excluding hydrogens is 272 g/mol. The molecule has 0 radical (unpaired) electrons. The molecule has 1 aliphatic heterocycles. The van der Waals surface area contributed by atoms with Gasteiger partial charge >= 0.3 is 11.9 Å². The molecule has 112 valence electrons. The summed E-state index contributed by atoms with van der Waals surface area (Å²) in [5.41, 5.74) is -0.680. The van der Waals surface area contributed by atoms with Gasteiger partial charge in [0.05, 0.1) is 29.4 Å². The molecule has 1 saturated carbocycles. The van der Waals surface area contributed by atoms with Gasteiger partial charge in [-0.2, -0.15) is 10.5 Å². The lowest BCUT2D eigenvalue weighted by atomic mass is 9.90. The van der Waals surface area contributed by atoms with Crippen molar-refractivity contribution in [2.45, 2.75) is 45.8 Å². The van der Waals surface area contributed by atoms with Gasteiger partial charge in [0.2, 0.25) is 6.10 Å². The van der Waals surface area contributed by atoms with Gasteiger partial charge in [0.15, 0.2) is 0 Å². The van der Waals surface area contributed by atoms with Crippen molar-refractivity contribution < 1.29 is 19.1 Å². The number of rotatable bonds is 3. The van der Waals surface area contributed by atoms with Crippen molar-refractivity contribution in [1.29, 1.82) is 10.5 Å².